The van der Waals surface area contributed by atoms with E-state index in [0.717, 1.165) is 38.7 Å². The molecule has 1 aliphatic carbocycles. The van der Waals surface area contributed by atoms with Gasteiger partial charge in [0.15, 0.2) is 0 Å². The Morgan fingerprint density at radius 2 is 2.06 bits per heavy atom. The largest absolute Gasteiger partial charge is 0.481 e. The Balaban J connectivity index is 1.75. The highest BCUT2D eigenvalue weighted by Crippen LogP contribution is 2.34. The minimum atomic E-state index is -0.846. The van der Waals surface area contributed by atoms with Crippen LogP contribution in [-0.4, -0.2) is 35.7 Å². The van der Waals surface area contributed by atoms with E-state index in [9.17, 15) is 9.59 Å². The number of rotatable bonds is 6. The summed E-state index contributed by atoms with van der Waals surface area (Å²) < 4.78 is 5.51. The molecular weight excluding hydrogens is 234 g/mol. The highest BCUT2D eigenvalue weighted by molar-refractivity contribution is 5.78. The third-order valence-corrected chi connectivity index (χ3v) is 3.62. The van der Waals surface area contributed by atoms with Gasteiger partial charge in [0.2, 0.25) is 5.91 Å². The summed E-state index contributed by atoms with van der Waals surface area (Å²) in [5.74, 6) is -0.557. The van der Waals surface area contributed by atoms with Crippen molar-refractivity contribution in [2.24, 2.45) is 5.92 Å². The van der Waals surface area contributed by atoms with Gasteiger partial charge >= 0.3 is 5.97 Å². The van der Waals surface area contributed by atoms with Crippen LogP contribution in [0.5, 0.6) is 0 Å². The number of carbonyl (C=O) groups excluding carboxylic acids is 1. The summed E-state index contributed by atoms with van der Waals surface area (Å²) in [4.78, 5) is 22.6. The van der Waals surface area contributed by atoms with E-state index in [-0.39, 0.29) is 24.5 Å². The van der Waals surface area contributed by atoms with Crippen molar-refractivity contribution in [2.75, 3.05) is 6.61 Å². The van der Waals surface area contributed by atoms with Gasteiger partial charge in [-0.05, 0) is 38.0 Å². The molecule has 2 unspecified atom stereocenters. The molecule has 2 fully saturated rings. The Hall–Kier alpha value is -1.10. The second kappa shape index (κ2) is 6.18. The van der Waals surface area contributed by atoms with E-state index < -0.39 is 5.97 Å². The number of nitrogens with one attached hydrogen (secondary N) is 1. The van der Waals surface area contributed by atoms with Gasteiger partial charge in [-0.3, -0.25) is 9.59 Å². The third kappa shape index (κ3) is 4.29. The average molecular weight is 255 g/mol. The Morgan fingerprint density at radius 1 is 1.28 bits per heavy atom. The number of hydrogen-bond acceptors (Lipinski definition) is 3. The van der Waals surface area contributed by atoms with Crippen molar-refractivity contribution < 1.29 is 19.4 Å². The summed E-state index contributed by atoms with van der Waals surface area (Å²) in [6.07, 6.45) is 5.58. The smallest absolute Gasteiger partial charge is 0.305 e. The van der Waals surface area contributed by atoms with Gasteiger partial charge in [-0.25, -0.2) is 0 Å². The van der Waals surface area contributed by atoms with Crippen molar-refractivity contribution in [3.63, 3.8) is 0 Å². The highest BCUT2D eigenvalue weighted by Gasteiger charge is 2.34. The quantitative estimate of drug-likeness (QED) is 0.750. The number of carbonyl (C=O) groups is 2. The van der Waals surface area contributed by atoms with E-state index in [2.05, 4.69) is 5.32 Å². The number of hydrogen-bond donors (Lipinski definition) is 2. The summed E-state index contributed by atoms with van der Waals surface area (Å²) >= 11 is 0. The second-order valence-corrected chi connectivity index (χ2v) is 5.30. The molecule has 0 bridgehead atoms. The van der Waals surface area contributed by atoms with Crippen molar-refractivity contribution in [2.45, 2.75) is 57.1 Å². The zero-order chi connectivity index (χ0) is 13.0. The second-order valence-electron chi connectivity index (χ2n) is 5.30. The first-order chi connectivity index (χ1) is 8.65. The van der Waals surface area contributed by atoms with Gasteiger partial charge in [-0.1, -0.05) is 0 Å². The van der Waals surface area contributed by atoms with Crippen LogP contribution in [0.1, 0.15) is 44.9 Å². The molecule has 0 radical (unpaired) electrons. The Morgan fingerprint density at radius 3 is 2.61 bits per heavy atom. The SMILES string of the molecule is O=C(O)CC(NC(=O)CC1CCCCO1)C1CC1. The molecule has 2 rings (SSSR count). The maximum absolute atomic E-state index is 11.9. The molecule has 1 amide bonds. The molecule has 1 saturated carbocycles. The molecule has 1 aliphatic heterocycles. The summed E-state index contributed by atoms with van der Waals surface area (Å²) in [5, 5.41) is 11.7. The molecule has 0 aromatic heterocycles. The molecule has 1 heterocycles. The van der Waals surface area contributed by atoms with E-state index in [1.807, 2.05) is 0 Å². The van der Waals surface area contributed by atoms with Crippen LogP contribution < -0.4 is 5.32 Å². The zero-order valence-electron chi connectivity index (χ0n) is 10.6. The van der Waals surface area contributed by atoms with Crippen molar-refractivity contribution >= 4 is 11.9 Å². The topological polar surface area (TPSA) is 75.6 Å². The van der Waals surface area contributed by atoms with Gasteiger partial charge in [-0.2, -0.15) is 0 Å². The summed E-state index contributed by atoms with van der Waals surface area (Å²) in [5.41, 5.74) is 0. The van der Waals surface area contributed by atoms with Gasteiger partial charge in [0.05, 0.1) is 18.9 Å². The first kappa shape index (κ1) is 13.3. The van der Waals surface area contributed by atoms with E-state index >= 15 is 0 Å². The van der Waals surface area contributed by atoms with Gasteiger partial charge in [0.1, 0.15) is 0 Å². The fourth-order valence-corrected chi connectivity index (χ4v) is 2.46. The van der Waals surface area contributed by atoms with Gasteiger partial charge in [-0.15, -0.1) is 0 Å². The zero-order valence-corrected chi connectivity index (χ0v) is 10.6. The van der Waals surface area contributed by atoms with Gasteiger partial charge in [0.25, 0.3) is 0 Å². The number of carboxylic acids is 1. The fourth-order valence-electron chi connectivity index (χ4n) is 2.46. The molecular formula is C13H21NO4. The molecule has 2 N–H and O–H groups in total. The first-order valence-corrected chi connectivity index (χ1v) is 6.78. The van der Waals surface area contributed by atoms with Crippen LogP contribution in [0.15, 0.2) is 0 Å². The molecule has 2 atom stereocenters. The third-order valence-electron chi connectivity index (χ3n) is 3.62. The van der Waals surface area contributed by atoms with Gasteiger partial charge < -0.3 is 15.2 Å². The summed E-state index contributed by atoms with van der Waals surface area (Å²) in [7, 11) is 0. The van der Waals surface area contributed by atoms with Crippen LogP contribution in [0.2, 0.25) is 0 Å². The lowest BCUT2D eigenvalue weighted by molar-refractivity contribution is -0.138. The number of ether oxygens (including phenoxy) is 1. The maximum atomic E-state index is 11.9. The van der Waals surface area contributed by atoms with Crippen LogP contribution in [0.25, 0.3) is 0 Å². The molecule has 0 aromatic carbocycles. The van der Waals surface area contributed by atoms with E-state index in [1.165, 1.54) is 0 Å². The summed E-state index contributed by atoms with van der Waals surface area (Å²) in [6.45, 7) is 0.735. The first-order valence-electron chi connectivity index (χ1n) is 6.78. The highest BCUT2D eigenvalue weighted by atomic mass is 16.5. The number of amides is 1. The molecule has 0 aromatic rings. The predicted molar refractivity (Wildman–Crippen MR) is 65.1 cm³/mol. The predicted octanol–water partition coefficient (Wildman–Crippen LogP) is 1.32. The maximum Gasteiger partial charge on any atom is 0.305 e. The van der Waals surface area contributed by atoms with Crippen molar-refractivity contribution in [3.8, 4) is 0 Å². The molecule has 18 heavy (non-hydrogen) atoms. The minimum absolute atomic E-state index is 0.0171. The molecule has 102 valence electrons. The van der Waals surface area contributed by atoms with E-state index in [4.69, 9.17) is 9.84 Å². The van der Waals surface area contributed by atoms with Crippen LogP contribution in [0.4, 0.5) is 0 Å². The Bertz CT molecular complexity index is 308. The monoisotopic (exact) mass is 255 g/mol. The molecule has 1 saturated heterocycles. The lowest BCUT2D eigenvalue weighted by Crippen LogP contribution is -2.40. The lowest BCUT2D eigenvalue weighted by atomic mass is 10.0. The summed E-state index contributed by atoms with van der Waals surface area (Å²) in [6, 6.07) is -0.196. The molecule has 0 spiro atoms. The van der Waals surface area contributed by atoms with Crippen LogP contribution in [0.3, 0.4) is 0 Å². The molecule has 5 nitrogen and oxygen atoms in total. The molecule has 5 heteroatoms. The fraction of sp³-hybridized carbons (Fsp3) is 0.846. The van der Waals surface area contributed by atoms with Gasteiger partial charge in [0, 0.05) is 12.6 Å². The lowest BCUT2D eigenvalue weighted by Gasteiger charge is -2.23. The van der Waals surface area contributed by atoms with Crippen LogP contribution >= 0.6 is 0 Å². The average Bonchev–Trinajstić information content (AvgIpc) is 3.12. The van der Waals surface area contributed by atoms with Crippen molar-refractivity contribution in [1.82, 2.24) is 5.32 Å². The van der Waals surface area contributed by atoms with Crippen LogP contribution in [0, 0.1) is 5.92 Å². The Kier molecular flexibility index (Phi) is 4.58. The Labute approximate surface area is 107 Å². The minimum Gasteiger partial charge on any atom is -0.481 e. The number of aliphatic carboxylic acids is 1. The van der Waals surface area contributed by atoms with Crippen molar-refractivity contribution in [3.05, 3.63) is 0 Å². The standard InChI is InChI=1S/C13H21NO4/c15-12(7-10-3-1-2-6-18-10)14-11(8-13(16)17)9-4-5-9/h9-11H,1-8H2,(H,14,15)(H,16,17). The molecule has 2 aliphatic rings. The normalized spacial score (nSPS) is 25.4. The number of carboxylic acid groups (broad SMARTS) is 1. The van der Waals surface area contributed by atoms with E-state index in [1.54, 1.807) is 0 Å². The van der Waals surface area contributed by atoms with Crippen LogP contribution in [-0.2, 0) is 14.3 Å². The van der Waals surface area contributed by atoms with E-state index in [0.29, 0.717) is 12.3 Å². The van der Waals surface area contributed by atoms with Crippen molar-refractivity contribution in [1.29, 1.82) is 0 Å².